The number of hydrogen-bond donors (Lipinski definition) is 1. The number of anilines is 2. The Morgan fingerprint density at radius 1 is 0.957 bits per heavy atom. The highest BCUT2D eigenvalue weighted by atomic mass is 35.5. The van der Waals surface area contributed by atoms with Gasteiger partial charge in [-0.05, 0) is 18.2 Å². The highest BCUT2D eigenvalue weighted by molar-refractivity contribution is 5.99. The molecule has 0 unspecified atom stereocenters. The number of nitrogen functional groups attached to an aromatic ring is 1. The van der Waals surface area contributed by atoms with Crippen molar-refractivity contribution in [1.29, 1.82) is 0 Å². The number of halogens is 2. The largest absolute Gasteiger partial charge is 0.398 e. The van der Waals surface area contributed by atoms with Crippen LogP contribution in [0.5, 0.6) is 0 Å². The van der Waals surface area contributed by atoms with E-state index in [1.165, 1.54) is 0 Å². The lowest BCUT2D eigenvalue weighted by Crippen LogP contribution is -2.49. The molecule has 1 aliphatic rings. The highest BCUT2D eigenvalue weighted by Gasteiger charge is 2.24. The van der Waals surface area contributed by atoms with Crippen molar-refractivity contribution in [1.82, 2.24) is 14.9 Å². The van der Waals surface area contributed by atoms with Gasteiger partial charge in [0.25, 0.3) is 5.91 Å². The Bertz CT molecular complexity index is 633. The van der Waals surface area contributed by atoms with Gasteiger partial charge in [0.15, 0.2) is 0 Å². The maximum absolute atomic E-state index is 12.5. The fourth-order valence-electron chi connectivity index (χ4n) is 2.43. The maximum atomic E-state index is 12.5. The molecule has 2 N–H and O–H groups in total. The summed E-state index contributed by atoms with van der Waals surface area (Å²) in [5.74, 6) is 0.700. The SMILES string of the molecule is Cl.Cl.Nc1ccccc1C(=O)N1CCN(c2ncccn2)CC1. The first-order valence-corrected chi connectivity index (χ1v) is 6.91. The molecule has 124 valence electrons. The van der Waals surface area contributed by atoms with E-state index in [1.54, 1.807) is 30.6 Å². The monoisotopic (exact) mass is 355 g/mol. The average Bonchev–Trinajstić information content (AvgIpc) is 2.56. The van der Waals surface area contributed by atoms with Gasteiger partial charge in [-0.25, -0.2) is 9.97 Å². The summed E-state index contributed by atoms with van der Waals surface area (Å²) >= 11 is 0. The summed E-state index contributed by atoms with van der Waals surface area (Å²) < 4.78 is 0. The fourth-order valence-corrected chi connectivity index (χ4v) is 2.43. The van der Waals surface area contributed by atoms with Gasteiger partial charge in [0.05, 0.1) is 5.56 Å². The van der Waals surface area contributed by atoms with Crippen LogP contribution in [0.25, 0.3) is 0 Å². The minimum absolute atomic E-state index is 0. The van der Waals surface area contributed by atoms with Gasteiger partial charge < -0.3 is 15.5 Å². The summed E-state index contributed by atoms with van der Waals surface area (Å²) in [5, 5.41) is 0. The van der Waals surface area contributed by atoms with Crippen LogP contribution in [-0.2, 0) is 0 Å². The van der Waals surface area contributed by atoms with Crippen LogP contribution in [0.4, 0.5) is 11.6 Å². The van der Waals surface area contributed by atoms with Crippen LogP contribution >= 0.6 is 24.8 Å². The van der Waals surface area contributed by atoms with E-state index < -0.39 is 0 Å². The minimum Gasteiger partial charge on any atom is -0.398 e. The molecule has 1 saturated heterocycles. The van der Waals surface area contributed by atoms with Crippen LogP contribution in [0.15, 0.2) is 42.7 Å². The van der Waals surface area contributed by atoms with Gasteiger partial charge in [-0.1, -0.05) is 12.1 Å². The van der Waals surface area contributed by atoms with Gasteiger partial charge >= 0.3 is 0 Å². The Morgan fingerprint density at radius 3 is 2.17 bits per heavy atom. The van der Waals surface area contributed by atoms with E-state index in [0.29, 0.717) is 30.3 Å². The maximum Gasteiger partial charge on any atom is 0.256 e. The van der Waals surface area contributed by atoms with E-state index in [9.17, 15) is 4.79 Å². The zero-order valence-corrected chi connectivity index (χ0v) is 14.1. The summed E-state index contributed by atoms with van der Waals surface area (Å²) in [7, 11) is 0. The zero-order valence-electron chi connectivity index (χ0n) is 12.5. The lowest BCUT2D eigenvalue weighted by atomic mass is 10.1. The van der Waals surface area contributed by atoms with Crippen LogP contribution in [-0.4, -0.2) is 47.0 Å². The third-order valence-corrected chi connectivity index (χ3v) is 3.59. The molecule has 23 heavy (non-hydrogen) atoms. The Hall–Kier alpha value is -2.05. The zero-order chi connectivity index (χ0) is 14.7. The van der Waals surface area contributed by atoms with Crippen molar-refractivity contribution in [3.63, 3.8) is 0 Å². The Morgan fingerprint density at radius 2 is 1.57 bits per heavy atom. The standard InChI is InChI=1S/C15H17N5O.2ClH/c16-13-5-2-1-4-12(13)14(21)19-8-10-20(11-9-19)15-17-6-3-7-18-15;;/h1-7H,8-11,16H2;2*1H. The van der Waals surface area contributed by atoms with E-state index in [4.69, 9.17) is 5.73 Å². The second-order valence-corrected chi connectivity index (χ2v) is 4.92. The molecule has 1 aromatic heterocycles. The Kier molecular flexibility index (Phi) is 7.06. The van der Waals surface area contributed by atoms with Gasteiger partial charge in [0.2, 0.25) is 5.95 Å². The molecule has 1 fully saturated rings. The Labute approximate surface area is 147 Å². The van der Waals surface area contributed by atoms with Gasteiger partial charge in [0.1, 0.15) is 0 Å². The van der Waals surface area contributed by atoms with E-state index >= 15 is 0 Å². The van der Waals surface area contributed by atoms with E-state index in [0.717, 1.165) is 13.1 Å². The first kappa shape index (κ1) is 19.0. The number of carbonyl (C=O) groups excluding carboxylic acids is 1. The number of nitrogens with two attached hydrogens (primary N) is 1. The van der Waals surface area contributed by atoms with Crippen LogP contribution in [0.3, 0.4) is 0 Å². The lowest BCUT2D eigenvalue weighted by Gasteiger charge is -2.34. The number of para-hydroxylation sites is 1. The Balaban J connectivity index is 0.00000132. The summed E-state index contributed by atoms with van der Waals surface area (Å²) in [6.45, 7) is 2.74. The average molecular weight is 356 g/mol. The third kappa shape index (κ3) is 4.24. The van der Waals surface area contributed by atoms with Crippen molar-refractivity contribution in [2.24, 2.45) is 0 Å². The van der Waals surface area contributed by atoms with Crippen LogP contribution in [0, 0.1) is 0 Å². The molecule has 1 amide bonds. The first-order valence-electron chi connectivity index (χ1n) is 6.91. The number of hydrogen-bond acceptors (Lipinski definition) is 5. The predicted octanol–water partition coefficient (Wildman–Crippen LogP) is 1.86. The van der Waals surface area contributed by atoms with E-state index in [2.05, 4.69) is 14.9 Å². The van der Waals surface area contributed by atoms with Gasteiger partial charge in [0, 0.05) is 44.3 Å². The molecule has 6 nitrogen and oxygen atoms in total. The molecule has 1 aliphatic heterocycles. The lowest BCUT2D eigenvalue weighted by molar-refractivity contribution is 0.0747. The molecule has 2 heterocycles. The summed E-state index contributed by atoms with van der Waals surface area (Å²) in [5.41, 5.74) is 6.96. The van der Waals surface area contributed by atoms with E-state index in [-0.39, 0.29) is 30.7 Å². The van der Waals surface area contributed by atoms with Crippen molar-refractivity contribution in [3.05, 3.63) is 48.3 Å². The van der Waals surface area contributed by atoms with Gasteiger partial charge in [-0.15, -0.1) is 24.8 Å². The quantitative estimate of drug-likeness (QED) is 0.832. The van der Waals surface area contributed by atoms with Crippen molar-refractivity contribution < 1.29 is 4.79 Å². The smallest absolute Gasteiger partial charge is 0.256 e. The molecule has 0 bridgehead atoms. The second-order valence-electron chi connectivity index (χ2n) is 4.92. The highest BCUT2D eigenvalue weighted by Crippen LogP contribution is 2.16. The molecule has 0 spiro atoms. The molecule has 0 radical (unpaired) electrons. The molecule has 0 saturated carbocycles. The number of piperazine rings is 1. The fraction of sp³-hybridized carbons (Fsp3) is 0.267. The molecular formula is C15H19Cl2N5O. The van der Waals surface area contributed by atoms with Crippen LogP contribution in [0.2, 0.25) is 0 Å². The van der Waals surface area contributed by atoms with E-state index in [1.807, 2.05) is 17.0 Å². The van der Waals surface area contributed by atoms with Crippen LogP contribution < -0.4 is 10.6 Å². The number of benzene rings is 1. The number of nitrogens with zero attached hydrogens (tertiary/aromatic N) is 4. The molecule has 0 atom stereocenters. The molecule has 8 heteroatoms. The first-order chi connectivity index (χ1) is 10.3. The summed E-state index contributed by atoms with van der Waals surface area (Å²) in [6, 6.07) is 8.97. The van der Waals surface area contributed by atoms with Crippen molar-refractivity contribution >= 4 is 42.4 Å². The van der Waals surface area contributed by atoms with Crippen LogP contribution in [0.1, 0.15) is 10.4 Å². The second kappa shape index (κ2) is 8.55. The molecule has 1 aromatic carbocycles. The van der Waals surface area contributed by atoms with Gasteiger partial charge in [-0.2, -0.15) is 0 Å². The molecule has 2 aromatic rings. The number of amides is 1. The molecular weight excluding hydrogens is 337 g/mol. The third-order valence-electron chi connectivity index (χ3n) is 3.59. The van der Waals surface area contributed by atoms with Crippen molar-refractivity contribution in [2.45, 2.75) is 0 Å². The molecule has 3 rings (SSSR count). The molecule has 0 aliphatic carbocycles. The predicted molar refractivity (Wildman–Crippen MR) is 95.5 cm³/mol. The number of rotatable bonds is 2. The summed E-state index contributed by atoms with van der Waals surface area (Å²) in [6.07, 6.45) is 3.45. The van der Waals surface area contributed by atoms with Crippen molar-refractivity contribution in [3.8, 4) is 0 Å². The number of aromatic nitrogens is 2. The number of carbonyl (C=O) groups is 1. The summed E-state index contributed by atoms with van der Waals surface area (Å²) in [4.78, 5) is 24.8. The van der Waals surface area contributed by atoms with Crippen molar-refractivity contribution in [2.75, 3.05) is 36.8 Å². The normalized spacial score (nSPS) is 13.7. The van der Waals surface area contributed by atoms with Gasteiger partial charge in [-0.3, -0.25) is 4.79 Å². The minimum atomic E-state index is -0.0123. The topological polar surface area (TPSA) is 75.4 Å².